The van der Waals surface area contributed by atoms with Gasteiger partial charge in [-0.15, -0.1) is 0 Å². The number of piperidine rings is 1. The molecule has 2 aliphatic rings. The molecule has 1 aliphatic carbocycles. The Morgan fingerprint density at radius 1 is 1.19 bits per heavy atom. The van der Waals surface area contributed by atoms with Crippen molar-refractivity contribution >= 4 is 15.8 Å². The first-order valence-corrected chi connectivity index (χ1v) is 9.22. The normalized spacial score (nSPS) is 27.1. The minimum atomic E-state index is -3.41. The van der Waals surface area contributed by atoms with Gasteiger partial charge in [-0.25, -0.2) is 13.4 Å². The number of rotatable bonds is 3. The van der Waals surface area contributed by atoms with Crippen LogP contribution in [0.3, 0.4) is 0 Å². The minimum Gasteiger partial charge on any atom is -0.373 e. The lowest BCUT2D eigenvalue weighted by molar-refractivity contribution is 0.129. The van der Waals surface area contributed by atoms with E-state index in [4.69, 9.17) is 0 Å². The lowest BCUT2D eigenvalue weighted by Crippen LogP contribution is -2.49. The van der Waals surface area contributed by atoms with Gasteiger partial charge in [0.2, 0.25) is 10.0 Å². The summed E-state index contributed by atoms with van der Waals surface area (Å²) in [6, 6.07) is 3.57. The molecule has 6 heteroatoms. The summed E-state index contributed by atoms with van der Waals surface area (Å²) in [6.45, 7) is 0.650. The maximum Gasteiger partial charge on any atom is 0.244 e. The van der Waals surface area contributed by atoms with E-state index in [9.17, 15) is 8.42 Å². The van der Waals surface area contributed by atoms with E-state index in [2.05, 4.69) is 10.3 Å². The second-order valence-electron chi connectivity index (χ2n) is 6.00. The zero-order valence-corrected chi connectivity index (χ0v) is 13.3. The summed E-state index contributed by atoms with van der Waals surface area (Å²) in [5.74, 6) is 1.23. The van der Waals surface area contributed by atoms with Crippen LogP contribution >= 0.6 is 0 Å². The molecule has 2 fully saturated rings. The molecule has 0 bridgehead atoms. The Hall–Kier alpha value is -1.14. The van der Waals surface area contributed by atoms with Gasteiger partial charge in [-0.1, -0.05) is 12.8 Å². The SMILES string of the molecule is CNc1ccc(S(=O)(=O)N2CCCC3CCCCC32)cn1. The van der Waals surface area contributed by atoms with E-state index in [-0.39, 0.29) is 6.04 Å². The zero-order chi connectivity index (χ0) is 14.9. The molecule has 0 aromatic carbocycles. The Labute approximate surface area is 126 Å². The van der Waals surface area contributed by atoms with Crippen molar-refractivity contribution in [1.29, 1.82) is 0 Å². The van der Waals surface area contributed by atoms with Gasteiger partial charge in [-0.2, -0.15) is 4.31 Å². The fraction of sp³-hybridized carbons (Fsp3) is 0.667. The van der Waals surface area contributed by atoms with E-state index in [0.29, 0.717) is 23.2 Å². The van der Waals surface area contributed by atoms with Crippen molar-refractivity contribution in [3.05, 3.63) is 18.3 Å². The summed E-state index contributed by atoms with van der Waals surface area (Å²) in [4.78, 5) is 4.46. The molecule has 5 nitrogen and oxygen atoms in total. The second kappa shape index (κ2) is 5.93. The van der Waals surface area contributed by atoms with Crippen LogP contribution in [-0.2, 0) is 10.0 Å². The number of fused-ring (bicyclic) bond motifs is 1. The molecule has 2 unspecified atom stereocenters. The van der Waals surface area contributed by atoms with Gasteiger partial charge in [0.25, 0.3) is 0 Å². The number of hydrogen-bond acceptors (Lipinski definition) is 4. The molecule has 1 aliphatic heterocycles. The maximum absolute atomic E-state index is 12.9. The predicted molar refractivity (Wildman–Crippen MR) is 82.7 cm³/mol. The first kappa shape index (κ1) is 14.8. The lowest BCUT2D eigenvalue weighted by Gasteiger charge is -2.43. The van der Waals surface area contributed by atoms with Crippen molar-refractivity contribution in [2.24, 2.45) is 5.92 Å². The highest BCUT2D eigenvalue weighted by atomic mass is 32.2. The summed E-state index contributed by atoms with van der Waals surface area (Å²) in [5, 5.41) is 2.91. The van der Waals surface area contributed by atoms with Gasteiger partial charge in [0.1, 0.15) is 10.7 Å². The van der Waals surface area contributed by atoms with Crippen LogP contribution in [-0.4, -0.2) is 37.3 Å². The van der Waals surface area contributed by atoms with Gasteiger partial charge < -0.3 is 5.32 Å². The Morgan fingerprint density at radius 3 is 2.67 bits per heavy atom. The first-order valence-electron chi connectivity index (χ1n) is 7.78. The smallest absolute Gasteiger partial charge is 0.244 e. The van der Waals surface area contributed by atoms with E-state index in [1.165, 1.54) is 25.5 Å². The number of pyridine rings is 1. The van der Waals surface area contributed by atoms with Gasteiger partial charge >= 0.3 is 0 Å². The molecule has 1 aromatic heterocycles. The zero-order valence-electron chi connectivity index (χ0n) is 12.5. The molecular weight excluding hydrogens is 286 g/mol. The lowest BCUT2D eigenvalue weighted by atomic mass is 9.79. The van der Waals surface area contributed by atoms with E-state index < -0.39 is 10.0 Å². The van der Waals surface area contributed by atoms with Crippen molar-refractivity contribution in [3.8, 4) is 0 Å². The highest BCUT2D eigenvalue weighted by molar-refractivity contribution is 7.89. The summed E-state index contributed by atoms with van der Waals surface area (Å²) in [5.41, 5.74) is 0. The van der Waals surface area contributed by atoms with Gasteiger partial charge in [-0.3, -0.25) is 0 Å². The van der Waals surface area contributed by atoms with Crippen LogP contribution in [0.4, 0.5) is 5.82 Å². The molecule has 3 rings (SSSR count). The highest BCUT2D eigenvalue weighted by Crippen LogP contribution is 2.37. The number of nitrogens with zero attached hydrogens (tertiary/aromatic N) is 2. The van der Waals surface area contributed by atoms with Gasteiger partial charge in [-0.05, 0) is 43.7 Å². The van der Waals surface area contributed by atoms with E-state index in [0.717, 1.165) is 19.3 Å². The van der Waals surface area contributed by atoms with Crippen molar-refractivity contribution in [3.63, 3.8) is 0 Å². The molecule has 1 saturated heterocycles. The van der Waals surface area contributed by atoms with E-state index in [1.54, 1.807) is 23.5 Å². The summed E-state index contributed by atoms with van der Waals surface area (Å²) >= 11 is 0. The van der Waals surface area contributed by atoms with Crippen LogP contribution in [0.15, 0.2) is 23.2 Å². The Bertz CT molecular complexity index is 583. The summed E-state index contributed by atoms with van der Waals surface area (Å²) in [6.07, 6.45) is 8.18. The average molecular weight is 309 g/mol. The van der Waals surface area contributed by atoms with Crippen LogP contribution in [0.2, 0.25) is 0 Å². The van der Waals surface area contributed by atoms with E-state index in [1.807, 2.05) is 0 Å². The largest absolute Gasteiger partial charge is 0.373 e. The molecule has 2 atom stereocenters. The molecule has 1 N–H and O–H groups in total. The molecule has 116 valence electrons. The quantitative estimate of drug-likeness (QED) is 0.931. The van der Waals surface area contributed by atoms with Gasteiger partial charge in [0.05, 0.1) is 0 Å². The summed E-state index contributed by atoms with van der Waals surface area (Å²) in [7, 11) is -1.64. The topological polar surface area (TPSA) is 62.3 Å². The number of anilines is 1. The fourth-order valence-electron chi connectivity index (χ4n) is 3.69. The molecule has 21 heavy (non-hydrogen) atoms. The molecule has 1 saturated carbocycles. The molecule has 0 amide bonds. The Balaban J connectivity index is 1.88. The van der Waals surface area contributed by atoms with Gasteiger partial charge in [0.15, 0.2) is 0 Å². The standard InChI is InChI=1S/C15H23N3O2S/c1-16-15-9-8-13(11-17-15)21(19,20)18-10-4-6-12-5-2-3-7-14(12)18/h8-9,11-12,14H,2-7,10H2,1H3,(H,16,17). The van der Waals surface area contributed by atoms with Crippen LogP contribution in [0.5, 0.6) is 0 Å². The van der Waals surface area contributed by atoms with Crippen molar-refractivity contribution < 1.29 is 8.42 Å². The Kier molecular flexibility index (Phi) is 4.17. The molecule has 2 heterocycles. The number of sulfonamides is 1. The predicted octanol–water partition coefficient (Wildman–Crippen LogP) is 2.47. The van der Waals surface area contributed by atoms with Crippen LogP contribution in [0.25, 0.3) is 0 Å². The first-order chi connectivity index (χ1) is 10.1. The molecule has 0 radical (unpaired) electrons. The third-order valence-electron chi connectivity index (χ3n) is 4.79. The van der Waals surface area contributed by atoms with Crippen molar-refractivity contribution in [2.45, 2.75) is 49.5 Å². The monoisotopic (exact) mass is 309 g/mol. The molecule has 0 spiro atoms. The fourth-order valence-corrected chi connectivity index (χ4v) is 5.39. The minimum absolute atomic E-state index is 0.196. The third-order valence-corrected chi connectivity index (χ3v) is 6.70. The van der Waals surface area contributed by atoms with Crippen LogP contribution < -0.4 is 5.32 Å². The third kappa shape index (κ3) is 2.79. The van der Waals surface area contributed by atoms with Crippen molar-refractivity contribution in [1.82, 2.24) is 9.29 Å². The molecule has 1 aromatic rings. The van der Waals surface area contributed by atoms with Crippen LogP contribution in [0.1, 0.15) is 38.5 Å². The highest BCUT2D eigenvalue weighted by Gasteiger charge is 2.39. The van der Waals surface area contributed by atoms with Crippen molar-refractivity contribution in [2.75, 3.05) is 18.9 Å². The average Bonchev–Trinajstić information content (AvgIpc) is 2.54. The number of aromatic nitrogens is 1. The van der Waals surface area contributed by atoms with Gasteiger partial charge in [0, 0.05) is 25.8 Å². The maximum atomic E-state index is 12.9. The Morgan fingerprint density at radius 2 is 1.95 bits per heavy atom. The van der Waals surface area contributed by atoms with Crippen LogP contribution in [0, 0.1) is 5.92 Å². The molecular formula is C15H23N3O2S. The second-order valence-corrected chi connectivity index (χ2v) is 7.89. The summed E-state index contributed by atoms with van der Waals surface area (Å²) < 4.78 is 27.6. The number of hydrogen-bond donors (Lipinski definition) is 1. The number of nitrogens with one attached hydrogen (secondary N) is 1. The van der Waals surface area contributed by atoms with E-state index >= 15 is 0 Å².